The van der Waals surface area contributed by atoms with E-state index >= 15 is 0 Å². The van der Waals surface area contributed by atoms with Crippen LogP contribution in [0.2, 0.25) is 0 Å². The Morgan fingerprint density at radius 1 is 0.800 bits per heavy atom. The molecule has 0 atom stereocenters. The van der Waals surface area contributed by atoms with Gasteiger partial charge >= 0.3 is 11.9 Å². The first-order valence-electron chi connectivity index (χ1n) is 8.83. The first-order chi connectivity index (χ1) is 14.5. The van der Waals surface area contributed by atoms with E-state index < -0.39 is 16.9 Å². The fourth-order valence-corrected chi connectivity index (χ4v) is 2.52. The fraction of sp³-hybridized carbons (Fsp3) is 0.0909. The van der Waals surface area contributed by atoms with Gasteiger partial charge in [0.15, 0.2) is 0 Å². The summed E-state index contributed by atoms with van der Waals surface area (Å²) in [5, 5.41) is 10.7. The standard InChI is InChI=1S/C22H17NO7/c1-28-21(24)16-4-2-15(3-5-16)14-29-22(25)17-6-10-19(11-7-17)30-20-12-8-18(9-13-20)23(26)27/h2-13H,14H2,1H3. The number of methoxy groups -OCH3 is 1. The van der Waals surface area contributed by atoms with Crippen LogP contribution in [-0.4, -0.2) is 24.0 Å². The molecule has 0 N–H and O–H groups in total. The van der Waals surface area contributed by atoms with Gasteiger partial charge in [-0.2, -0.15) is 0 Å². The van der Waals surface area contributed by atoms with E-state index in [0.717, 1.165) is 5.56 Å². The Hall–Kier alpha value is -4.20. The molecule has 8 heteroatoms. The second kappa shape index (κ2) is 9.33. The predicted molar refractivity (Wildman–Crippen MR) is 107 cm³/mol. The lowest BCUT2D eigenvalue weighted by atomic mass is 10.1. The summed E-state index contributed by atoms with van der Waals surface area (Å²) in [6.07, 6.45) is 0. The maximum Gasteiger partial charge on any atom is 0.338 e. The van der Waals surface area contributed by atoms with Crippen LogP contribution in [0.3, 0.4) is 0 Å². The van der Waals surface area contributed by atoms with Gasteiger partial charge in [-0.25, -0.2) is 9.59 Å². The zero-order valence-corrected chi connectivity index (χ0v) is 15.9. The van der Waals surface area contributed by atoms with Crippen LogP contribution in [0, 0.1) is 10.1 Å². The molecule has 0 fully saturated rings. The Morgan fingerprint density at radius 2 is 1.30 bits per heavy atom. The van der Waals surface area contributed by atoms with Gasteiger partial charge in [0, 0.05) is 12.1 Å². The lowest BCUT2D eigenvalue weighted by molar-refractivity contribution is -0.384. The fourth-order valence-electron chi connectivity index (χ4n) is 2.52. The molecule has 0 spiro atoms. The largest absolute Gasteiger partial charge is 0.465 e. The Bertz CT molecular complexity index is 1040. The number of benzene rings is 3. The number of esters is 2. The van der Waals surface area contributed by atoms with Crippen LogP contribution in [-0.2, 0) is 16.1 Å². The highest BCUT2D eigenvalue weighted by atomic mass is 16.6. The van der Waals surface area contributed by atoms with Gasteiger partial charge in [-0.05, 0) is 54.1 Å². The number of hydrogen-bond donors (Lipinski definition) is 0. The maximum absolute atomic E-state index is 12.2. The molecule has 0 aliphatic rings. The lowest BCUT2D eigenvalue weighted by Gasteiger charge is -2.08. The molecule has 0 heterocycles. The molecule has 8 nitrogen and oxygen atoms in total. The Kier molecular flexibility index (Phi) is 6.39. The molecular formula is C22H17NO7. The monoisotopic (exact) mass is 407 g/mol. The molecule has 0 saturated carbocycles. The van der Waals surface area contributed by atoms with E-state index in [1.807, 2.05) is 0 Å². The zero-order chi connectivity index (χ0) is 21.5. The van der Waals surface area contributed by atoms with Crippen molar-refractivity contribution in [2.24, 2.45) is 0 Å². The SMILES string of the molecule is COC(=O)c1ccc(COC(=O)c2ccc(Oc3ccc([N+](=O)[O-])cc3)cc2)cc1. The predicted octanol–water partition coefficient (Wildman–Crippen LogP) is 4.53. The summed E-state index contributed by atoms with van der Waals surface area (Å²) in [6, 6.07) is 18.5. The summed E-state index contributed by atoms with van der Waals surface area (Å²) >= 11 is 0. The summed E-state index contributed by atoms with van der Waals surface area (Å²) in [5.74, 6) is -0.0337. The van der Waals surface area contributed by atoms with Crippen LogP contribution >= 0.6 is 0 Å². The van der Waals surface area contributed by atoms with Crippen molar-refractivity contribution in [2.45, 2.75) is 6.61 Å². The highest BCUT2D eigenvalue weighted by molar-refractivity contribution is 5.90. The molecule has 152 valence electrons. The quantitative estimate of drug-likeness (QED) is 0.322. The lowest BCUT2D eigenvalue weighted by Crippen LogP contribution is -2.06. The first kappa shape index (κ1) is 20.5. The van der Waals surface area contributed by atoms with Gasteiger partial charge < -0.3 is 14.2 Å². The summed E-state index contributed by atoms with van der Waals surface area (Å²) in [7, 11) is 1.31. The molecule has 0 aromatic heterocycles. The Balaban J connectivity index is 1.55. The zero-order valence-electron chi connectivity index (χ0n) is 15.9. The number of ether oxygens (including phenoxy) is 3. The maximum atomic E-state index is 12.2. The van der Waals surface area contributed by atoms with Crippen molar-refractivity contribution in [1.82, 2.24) is 0 Å². The molecule has 30 heavy (non-hydrogen) atoms. The molecule has 3 aromatic rings. The molecule has 0 bridgehead atoms. The summed E-state index contributed by atoms with van der Waals surface area (Å²) in [5.41, 5.74) is 1.46. The van der Waals surface area contributed by atoms with Crippen molar-refractivity contribution in [3.8, 4) is 11.5 Å². The van der Waals surface area contributed by atoms with E-state index in [1.165, 1.54) is 31.4 Å². The van der Waals surface area contributed by atoms with Gasteiger partial charge in [-0.15, -0.1) is 0 Å². The van der Waals surface area contributed by atoms with Gasteiger partial charge in [0.1, 0.15) is 18.1 Å². The molecule has 3 rings (SSSR count). The topological polar surface area (TPSA) is 105 Å². The number of carbonyl (C=O) groups is 2. The summed E-state index contributed by atoms with van der Waals surface area (Å²) in [4.78, 5) is 33.8. The number of non-ortho nitro benzene ring substituents is 1. The highest BCUT2D eigenvalue weighted by Gasteiger charge is 2.10. The average molecular weight is 407 g/mol. The molecular weight excluding hydrogens is 390 g/mol. The van der Waals surface area contributed by atoms with Gasteiger partial charge in [0.2, 0.25) is 0 Å². The summed E-state index contributed by atoms with van der Waals surface area (Å²) in [6.45, 7) is 0.0569. The normalized spacial score (nSPS) is 10.2. The number of carbonyl (C=O) groups excluding carboxylic acids is 2. The Morgan fingerprint density at radius 3 is 1.83 bits per heavy atom. The molecule has 0 aliphatic carbocycles. The van der Waals surface area contributed by atoms with Crippen LogP contribution in [0.4, 0.5) is 5.69 Å². The smallest absolute Gasteiger partial charge is 0.338 e. The number of rotatable bonds is 7. The first-order valence-corrected chi connectivity index (χ1v) is 8.83. The van der Waals surface area contributed by atoms with Crippen molar-refractivity contribution in [1.29, 1.82) is 0 Å². The van der Waals surface area contributed by atoms with Crippen LogP contribution in [0.5, 0.6) is 11.5 Å². The molecule has 0 radical (unpaired) electrons. The number of nitrogens with zero attached hydrogens (tertiary/aromatic N) is 1. The minimum Gasteiger partial charge on any atom is -0.465 e. The number of hydrogen-bond acceptors (Lipinski definition) is 7. The van der Waals surface area contributed by atoms with Gasteiger partial charge in [0.05, 0.1) is 23.2 Å². The third kappa shape index (κ3) is 5.20. The third-order valence-electron chi connectivity index (χ3n) is 4.12. The Labute approximate surface area is 171 Å². The third-order valence-corrected chi connectivity index (χ3v) is 4.12. The van der Waals surface area contributed by atoms with E-state index in [9.17, 15) is 19.7 Å². The van der Waals surface area contributed by atoms with Crippen LogP contribution in [0.25, 0.3) is 0 Å². The van der Waals surface area contributed by atoms with Crippen LogP contribution in [0.15, 0.2) is 72.8 Å². The van der Waals surface area contributed by atoms with Crippen molar-refractivity contribution in [3.05, 3.63) is 99.6 Å². The van der Waals surface area contributed by atoms with Crippen LogP contribution < -0.4 is 4.74 Å². The average Bonchev–Trinajstić information content (AvgIpc) is 2.78. The van der Waals surface area contributed by atoms with E-state index in [0.29, 0.717) is 22.6 Å². The summed E-state index contributed by atoms with van der Waals surface area (Å²) < 4.78 is 15.5. The highest BCUT2D eigenvalue weighted by Crippen LogP contribution is 2.24. The molecule has 0 unspecified atom stereocenters. The van der Waals surface area contributed by atoms with E-state index in [1.54, 1.807) is 48.5 Å². The second-order valence-electron chi connectivity index (χ2n) is 6.14. The number of nitro benzene ring substituents is 1. The minimum atomic E-state index is -0.506. The second-order valence-corrected chi connectivity index (χ2v) is 6.14. The van der Waals surface area contributed by atoms with Crippen molar-refractivity contribution >= 4 is 17.6 Å². The minimum absolute atomic E-state index is 0.0274. The van der Waals surface area contributed by atoms with Crippen molar-refractivity contribution in [2.75, 3.05) is 7.11 Å². The number of nitro groups is 1. The van der Waals surface area contributed by atoms with Crippen molar-refractivity contribution in [3.63, 3.8) is 0 Å². The molecule has 0 aliphatic heterocycles. The molecule has 0 saturated heterocycles. The van der Waals surface area contributed by atoms with Crippen molar-refractivity contribution < 1.29 is 28.7 Å². The van der Waals surface area contributed by atoms with E-state index in [4.69, 9.17) is 9.47 Å². The van der Waals surface area contributed by atoms with E-state index in [-0.39, 0.29) is 12.3 Å². The van der Waals surface area contributed by atoms with Crippen LogP contribution in [0.1, 0.15) is 26.3 Å². The van der Waals surface area contributed by atoms with E-state index in [2.05, 4.69) is 4.74 Å². The van der Waals surface area contributed by atoms with Gasteiger partial charge in [-0.1, -0.05) is 12.1 Å². The van der Waals surface area contributed by atoms with Gasteiger partial charge in [0.25, 0.3) is 5.69 Å². The molecule has 0 amide bonds. The molecule has 3 aromatic carbocycles. The van der Waals surface area contributed by atoms with Gasteiger partial charge in [-0.3, -0.25) is 10.1 Å².